The van der Waals surface area contributed by atoms with Gasteiger partial charge in [-0.2, -0.15) is 11.8 Å². The second kappa shape index (κ2) is 9.27. The highest BCUT2D eigenvalue weighted by atomic mass is 32.2. The fraction of sp³-hybridized carbons (Fsp3) is 0.625. The van der Waals surface area contributed by atoms with E-state index in [9.17, 15) is 5.11 Å². The number of benzene rings is 1. The Labute approximate surface area is 127 Å². The molecule has 0 bridgehead atoms. The van der Waals surface area contributed by atoms with Crippen LogP contribution in [-0.4, -0.2) is 42.4 Å². The number of aliphatic hydroxyl groups excluding tert-OH is 1. The van der Waals surface area contributed by atoms with Crippen LogP contribution in [0.2, 0.25) is 0 Å². The fourth-order valence-electron chi connectivity index (χ4n) is 1.94. The molecule has 1 aromatic rings. The van der Waals surface area contributed by atoms with Gasteiger partial charge in [0.1, 0.15) is 18.5 Å². The molecule has 0 amide bonds. The van der Waals surface area contributed by atoms with Crippen molar-refractivity contribution >= 4 is 11.8 Å². The van der Waals surface area contributed by atoms with Crippen molar-refractivity contribution in [2.24, 2.45) is 0 Å². The van der Waals surface area contributed by atoms with Crippen molar-refractivity contribution in [3.8, 4) is 5.75 Å². The number of hydrogen-bond donors (Lipinski definition) is 2. The average Bonchev–Trinajstić information content (AvgIpc) is 2.41. The van der Waals surface area contributed by atoms with Crippen molar-refractivity contribution < 1.29 is 9.84 Å². The van der Waals surface area contributed by atoms with Gasteiger partial charge in [0, 0.05) is 12.6 Å². The molecule has 114 valence electrons. The molecular formula is C16H27NO2S. The minimum absolute atomic E-state index is 0.326. The van der Waals surface area contributed by atoms with Crippen LogP contribution in [0.15, 0.2) is 18.2 Å². The lowest BCUT2D eigenvalue weighted by molar-refractivity contribution is 0.103. The fourth-order valence-corrected chi connectivity index (χ4v) is 2.53. The Morgan fingerprint density at radius 3 is 2.75 bits per heavy atom. The lowest BCUT2D eigenvalue weighted by Gasteiger charge is -2.18. The van der Waals surface area contributed by atoms with Crippen LogP contribution < -0.4 is 10.1 Å². The number of hydrogen-bond acceptors (Lipinski definition) is 4. The second-order valence-corrected chi connectivity index (χ2v) is 6.31. The molecule has 0 saturated carbocycles. The number of nitrogens with one attached hydrogen (secondary N) is 1. The van der Waals surface area contributed by atoms with Gasteiger partial charge in [-0.3, -0.25) is 0 Å². The molecule has 0 saturated heterocycles. The summed E-state index contributed by atoms with van der Waals surface area (Å²) in [6.07, 6.45) is 2.75. The molecular weight excluding hydrogens is 270 g/mol. The maximum absolute atomic E-state index is 9.94. The van der Waals surface area contributed by atoms with E-state index >= 15 is 0 Å². The van der Waals surface area contributed by atoms with Crippen molar-refractivity contribution in [1.29, 1.82) is 0 Å². The Hall–Kier alpha value is -0.710. The van der Waals surface area contributed by atoms with Crippen LogP contribution in [0.5, 0.6) is 5.75 Å². The summed E-state index contributed by atoms with van der Waals surface area (Å²) in [7, 11) is 0. The van der Waals surface area contributed by atoms with E-state index in [4.69, 9.17) is 4.74 Å². The number of thioether (sulfide) groups is 1. The van der Waals surface area contributed by atoms with E-state index in [1.54, 1.807) is 0 Å². The Morgan fingerprint density at radius 2 is 2.10 bits per heavy atom. The smallest absolute Gasteiger partial charge is 0.122 e. The van der Waals surface area contributed by atoms with Crippen molar-refractivity contribution in [3.63, 3.8) is 0 Å². The molecule has 0 radical (unpaired) electrons. The van der Waals surface area contributed by atoms with E-state index < -0.39 is 6.10 Å². The quantitative estimate of drug-likeness (QED) is 0.735. The number of rotatable bonds is 9. The average molecular weight is 297 g/mol. The summed E-state index contributed by atoms with van der Waals surface area (Å²) in [5.41, 5.74) is 2.33. The topological polar surface area (TPSA) is 41.5 Å². The Bertz CT molecular complexity index is 398. The first-order chi connectivity index (χ1) is 9.52. The first-order valence-electron chi connectivity index (χ1n) is 7.13. The molecule has 0 spiro atoms. The number of aliphatic hydroxyl groups is 1. The third-order valence-corrected chi connectivity index (χ3v) is 3.86. The number of aryl methyl sites for hydroxylation is 2. The molecule has 20 heavy (non-hydrogen) atoms. The normalized spacial score (nSPS) is 14.1. The molecule has 1 rings (SSSR count). The molecule has 0 aromatic heterocycles. The maximum atomic E-state index is 9.94. The van der Waals surface area contributed by atoms with Gasteiger partial charge < -0.3 is 15.2 Å². The van der Waals surface area contributed by atoms with Crippen molar-refractivity contribution in [2.45, 2.75) is 39.3 Å². The third-order valence-electron chi connectivity index (χ3n) is 3.22. The van der Waals surface area contributed by atoms with Gasteiger partial charge in [0.15, 0.2) is 0 Å². The summed E-state index contributed by atoms with van der Waals surface area (Å²) in [4.78, 5) is 0. The highest BCUT2D eigenvalue weighted by molar-refractivity contribution is 7.98. The second-order valence-electron chi connectivity index (χ2n) is 5.32. The highest BCUT2D eigenvalue weighted by Crippen LogP contribution is 2.18. The number of ether oxygens (including phenoxy) is 1. The predicted octanol–water partition coefficient (Wildman–Crippen LogP) is 2.77. The third kappa shape index (κ3) is 6.64. The highest BCUT2D eigenvalue weighted by Gasteiger charge is 2.09. The van der Waals surface area contributed by atoms with Gasteiger partial charge in [-0.1, -0.05) is 17.7 Å². The van der Waals surface area contributed by atoms with E-state index in [1.165, 1.54) is 5.56 Å². The van der Waals surface area contributed by atoms with Crippen molar-refractivity contribution in [2.75, 3.05) is 25.2 Å². The molecule has 2 atom stereocenters. The Kier molecular flexibility index (Phi) is 8.04. The van der Waals surface area contributed by atoms with E-state index in [-0.39, 0.29) is 0 Å². The maximum Gasteiger partial charge on any atom is 0.122 e. The molecule has 4 heteroatoms. The minimum atomic E-state index is -0.479. The Morgan fingerprint density at radius 1 is 1.35 bits per heavy atom. The van der Waals surface area contributed by atoms with Gasteiger partial charge in [0.2, 0.25) is 0 Å². The van der Waals surface area contributed by atoms with E-state index in [0.717, 1.165) is 23.5 Å². The lowest BCUT2D eigenvalue weighted by atomic mass is 10.1. The molecule has 0 unspecified atom stereocenters. The summed E-state index contributed by atoms with van der Waals surface area (Å²) in [6.45, 7) is 7.13. The summed E-state index contributed by atoms with van der Waals surface area (Å²) in [5, 5.41) is 13.3. The van der Waals surface area contributed by atoms with E-state index in [0.29, 0.717) is 19.2 Å². The van der Waals surface area contributed by atoms with Crippen LogP contribution in [0.3, 0.4) is 0 Å². The van der Waals surface area contributed by atoms with Crippen LogP contribution in [0.1, 0.15) is 24.5 Å². The molecule has 3 nitrogen and oxygen atoms in total. The monoisotopic (exact) mass is 297 g/mol. The first-order valence-corrected chi connectivity index (χ1v) is 8.52. The molecule has 0 aliphatic heterocycles. The van der Waals surface area contributed by atoms with E-state index in [2.05, 4.69) is 31.5 Å². The first kappa shape index (κ1) is 17.3. The zero-order chi connectivity index (χ0) is 15.0. The molecule has 2 N–H and O–H groups in total. The molecule has 0 heterocycles. The minimum Gasteiger partial charge on any atom is -0.491 e. The summed E-state index contributed by atoms with van der Waals surface area (Å²) in [6, 6.07) is 6.51. The summed E-state index contributed by atoms with van der Waals surface area (Å²) in [5.74, 6) is 1.99. The summed E-state index contributed by atoms with van der Waals surface area (Å²) < 4.78 is 5.67. The van der Waals surface area contributed by atoms with Gasteiger partial charge in [-0.15, -0.1) is 0 Å². The molecule has 0 aliphatic rings. The van der Waals surface area contributed by atoms with Gasteiger partial charge in [-0.05, 0) is 50.8 Å². The zero-order valence-corrected chi connectivity index (χ0v) is 13.8. The zero-order valence-electron chi connectivity index (χ0n) is 13.0. The van der Waals surface area contributed by atoms with Crippen LogP contribution in [-0.2, 0) is 0 Å². The van der Waals surface area contributed by atoms with Crippen LogP contribution in [0.25, 0.3) is 0 Å². The Balaban J connectivity index is 2.27. The largest absolute Gasteiger partial charge is 0.491 e. The molecule has 0 aliphatic carbocycles. The van der Waals surface area contributed by atoms with Crippen LogP contribution in [0, 0.1) is 13.8 Å². The van der Waals surface area contributed by atoms with Crippen LogP contribution >= 0.6 is 11.8 Å². The SMILES string of the molecule is CSCC[C@H](C)NC[C@@H](O)COc1ccc(C)cc1C. The van der Waals surface area contributed by atoms with Gasteiger partial charge in [0.05, 0.1) is 0 Å². The molecule has 0 fully saturated rings. The standard InChI is InChI=1S/C16H27NO2S/c1-12-5-6-16(13(2)9-12)19-11-15(18)10-17-14(3)7-8-20-4/h5-6,9,14-15,17-18H,7-8,10-11H2,1-4H3/t14-,15+/m0/s1. The lowest BCUT2D eigenvalue weighted by Crippen LogP contribution is -2.36. The molecule has 1 aromatic carbocycles. The summed E-state index contributed by atoms with van der Waals surface area (Å²) >= 11 is 1.85. The van der Waals surface area contributed by atoms with Gasteiger partial charge >= 0.3 is 0 Å². The van der Waals surface area contributed by atoms with Gasteiger partial charge in [0.25, 0.3) is 0 Å². The van der Waals surface area contributed by atoms with Crippen molar-refractivity contribution in [3.05, 3.63) is 29.3 Å². The van der Waals surface area contributed by atoms with Gasteiger partial charge in [-0.25, -0.2) is 0 Å². The van der Waals surface area contributed by atoms with Crippen molar-refractivity contribution in [1.82, 2.24) is 5.32 Å². The van der Waals surface area contributed by atoms with Crippen LogP contribution in [0.4, 0.5) is 0 Å². The predicted molar refractivity (Wildman–Crippen MR) is 87.9 cm³/mol. The van der Waals surface area contributed by atoms with E-state index in [1.807, 2.05) is 30.8 Å².